The number of aromatic carboxylic acids is 2. The van der Waals surface area contributed by atoms with Gasteiger partial charge >= 0.3 is 11.9 Å². The smallest absolute Gasteiger partial charge is 0.335 e. The van der Waals surface area contributed by atoms with E-state index in [0.29, 0.717) is 0 Å². The average Bonchev–Trinajstić information content (AvgIpc) is 2.28. The van der Waals surface area contributed by atoms with E-state index in [4.69, 9.17) is 15.3 Å². The molecule has 7 heteroatoms. The third-order valence-electron chi connectivity index (χ3n) is 2.07. The van der Waals surface area contributed by atoms with E-state index >= 15 is 0 Å². The molecule has 0 saturated carbocycles. The number of aliphatic hydroxyl groups is 1. The Balaban J connectivity index is 3.15. The second kappa shape index (κ2) is 5.28. The number of carbonyl (C=O) groups is 3. The quantitative estimate of drug-likeness (QED) is 0.615. The number of nitrogens with one attached hydrogen (secondary N) is 1. The number of hydrogen-bond acceptors (Lipinski definition) is 4. The predicted octanol–water partition coefficient (Wildman–Crippen LogP) is 0.402. The molecule has 4 N–H and O–H groups in total. The van der Waals surface area contributed by atoms with Crippen LogP contribution in [0.2, 0.25) is 0 Å². The number of amides is 1. The van der Waals surface area contributed by atoms with Crippen LogP contribution in [-0.4, -0.2) is 39.3 Å². The van der Waals surface area contributed by atoms with Gasteiger partial charge in [-0.25, -0.2) is 9.59 Å². The normalized spacial score (nSPS) is 11.7. The molecule has 1 aromatic carbocycles. The van der Waals surface area contributed by atoms with Gasteiger partial charge in [0.1, 0.15) is 6.10 Å². The lowest BCUT2D eigenvalue weighted by Crippen LogP contribution is -2.24. The monoisotopic (exact) mass is 253 g/mol. The third kappa shape index (κ3) is 3.29. The SMILES string of the molecule is CC(O)C(=O)Nc1cc(C(=O)O)cc(C(=O)O)c1. The van der Waals surface area contributed by atoms with E-state index < -0.39 is 23.9 Å². The molecule has 0 spiro atoms. The zero-order valence-corrected chi connectivity index (χ0v) is 9.38. The zero-order valence-electron chi connectivity index (χ0n) is 9.38. The molecule has 0 radical (unpaired) electrons. The molecule has 1 atom stereocenters. The molecular formula is C11H11NO6. The van der Waals surface area contributed by atoms with E-state index in [1.807, 2.05) is 0 Å². The van der Waals surface area contributed by atoms with E-state index in [1.54, 1.807) is 0 Å². The molecule has 0 aliphatic carbocycles. The van der Waals surface area contributed by atoms with Gasteiger partial charge in [0.2, 0.25) is 0 Å². The summed E-state index contributed by atoms with van der Waals surface area (Å²) in [6.07, 6.45) is -1.29. The van der Waals surface area contributed by atoms with Crippen LogP contribution in [0.4, 0.5) is 5.69 Å². The van der Waals surface area contributed by atoms with Crippen molar-refractivity contribution in [3.63, 3.8) is 0 Å². The van der Waals surface area contributed by atoms with Crippen LogP contribution in [0.25, 0.3) is 0 Å². The molecule has 96 valence electrons. The summed E-state index contributed by atoms with van der Waals surface area (Å²) in [5.41, 5.74) is -0.537. The average molecular weight is 253 g/mol. The summed E-state index contributed by atoms with van der Waals surface area (Å²) in [6, 6.07) is 3.19. The summed E-state index contributed by atoms with van der Waals surface area (Å²) in [4.78, 5) is 32.8. The first-order valence-corrected chi connectivity index (χ1v) is 4.92. The van der Waals surface area contributed by atoms with Crippen molar-refractivity contribution in [2.24, 2.45) is 0 Å². The van der Waals surface area contributed by atoms with Crippen molar-refractivity contribution in [3.05, 3.63) is 29.3 Å². The standard InChI is InChI=1S/C11H11NO6/c1-5(13)9(14)12-8-3-6(10(15)16)2-7(4-8)11(17)18/h2-5,13H,1H3,(H,12,14)(H,15,16)(H,17,18). The van der Waals surface area contributed by atoms with Gasteiger partial charge in [0.15, 0.2) is 0 Å². The van der Waals surface area contributed by atoms with Gasteiger partial charge in [0.05, 0.1) is 11.1 Å². The molecule has 1 rings (SSSR count). The van der Waals surface area contributed by atoms with Gasteiger partial charge in [-0.3, -0.25) is 4.79 Å². The Bertz CT molecular complexity index is 476. The zero-order chi connectivity index (χ0) is 13.9. The van der Waals surface area contributed by atoms with Gasteiger partial charge in [0, 0.05) is 5.69 Å². The number of rotatable bonds is 4. The summed E-state index contributed by atoms with van der Waals surface area (Å²) in [6.45, 7) is 1.23. The summed E-state index contributed by atoms with van der Waals surface area (Å²) in [5, 5.41) is 28.8. The van der Waals surface area contributed by atoms with Crippen LogP contribution in [-0.2, 0) is 4.79 Å². The van der Waals surface area contributed by atoms with Crippen LogP contribution >= 0.6 is 0 Å². The molecule has 1 aromatic rings. The summed E-state index contributed by atoms with van der Waals surface area (Å²) in [7, 11) is 0. The Labute approximate surface area is 102 Å². The van der Waals surface area contributed by atoms with Crippen LogP contribution in [0.5, 0.6) is 0 Å². The van der Waals surface area contributed by atoms with E-state index in [0.717, 1.165) is 18.2 Å². The van der Waals surface area contributed by atoms with Crippen LogP contribution in [0, 0.1) is 0 Å². The minimum absolute atomic E-state index is 0.00167. The number of aliphatic hydroxyl groups excluding tert-OH is 1. The number of hydrogen-bond donors (Lipinski definition) is 4. The van der Waals surface area contributed by atoms with Crippen LogP contribution in [0.15, 0.2) is 18.2 Å². The first-order valence-electron chi connectivity index (χ1n) is 4.92. The van der Waals surface area contributed by atoms with Crippen LogP contribution in [0.1, 0.15) is 27.6 Å². The molecule has 0 aliphatic heterocycles. The minimum Gasteiger partial charge on any atom is -0.478 e. The fourth-order valence-electron chi connectivity index (χ4n) is 1.19. The largest absolute Gasteiger partial charge is 0.478 e. The number of anilines is 1. The van der Waals surface area contributed by atoms with E-state index in [-0.39, 0.29) is 16.8 Å². The molecule has 18 heavy (non-hydrogen) atoms. The third-order valence-corrected chi connectivity index (χ3v) is 2.07. The molecular weight excluding hydrogens is 242 g/mol. The summed E-state index contributed by atoms with van der Waals surface area (Å²) >= 11 is 0. The van der Waals surface area contributed by atoms with Gasteiger partial charge < -0.3 is 20.6 Å². The topological polar surface area (TPSA) is 124 Å². The van der Waals surface area contributed by atoms with Gasteiger partial charge in [-0.05, 0) is 25.1 Å². The maximum absolute atomic E-state index is 11.2. The first kappa shape index (κ1) is 13.7. The van der Waals surface area contributed by atoms with Crippen molar-refractivity contribution >= 4 is 23.5 Å². The molecule has 0 bridgehead atoms. The number of carboxylic acid groups (broad SMARTS) is 2. The van der Waals surface area contributed by atoms with Crippen LogP contribution in [0.3, 0.4) is 0 Å². The van der Waals surface area contributed by atoms with E-state index in [1.165, 1.54) is 6.92 Å². The molecule has 0 heterocycles. The van der Waals surface area contributed by atoms with Gasteiger partial charge in [-0.1, -0.05) is 0 Å². The van der Waals surface area contributed by atoms with Gasteiger partial charge in [0.25, 0.3) is 5.91 Å². The van der Waals surface area contributed by atoms with E-state index in [9.17, 15) is 14.4 Å². The van der Waals surface area contributed by atoms with E-state index in [2.05, 4.69) is 5.32 Å². The van der Waals surface area contributed by atoms with Crippen molar-refractivity contribution in [1.29, 1.82) is 0 Å². The second-order valence-electron chi connectivity index (χ2n) is 3.57. The van der Waals surface area contributed by atoms with Gasteiger partial charge in [-0.15, -0.1) is 0 Å². The lowest BCUT2D eigenvalue weighted by molar-refractivity contribution is -0.123. The highest BCUT2D eigenvalue weighted by molar-refractivity contribution is 5.99. The predicted molar refractivity (Wildman–Crippen MR) is 60.7 cm³/mol. The lowest BCUT2D eigenvalue weighted by atomic mass is 10.1. The van der Waals surface area contributed by atoms with Crippen molar-refractivity contribution in [2.75, 3.05) is 5.32 Å². The highest BCUT2D eigenvalue weighted by Gasteiger charge is 2.14. The fourth-order valence-corrected chi connectivity index (χ4v) is 1.19. The van der Waals surface area contributed by atoms with Crippen molar-refractivity contribution in [2.45, 2.75) is 13.0 Å². The number of benzene rings is 1. The fraction of sp³-hybridized carbons (Fsp3) is 0.182. The molecule has 0 saturated heterocycles. The molecule has 0 fully saturated rings. The lowest BCUT2D eigenvalue weighted by Gasteiger charge is -2.09. The maximum atomic E-state index is 11.2. The molecule has 0 aliphatic rings. The van der Waals surface area contributed by atoms with Crippen molar-refractivity contribution in [1.82, 2.24) is 0 Å². The number of carboxylic acids is 2. The van der Waals surface area contributed by atoms with Gasteiger partial charge in [-0.2, -0.15) is 0 Å². The molecule has 1 amide bonds. The Morgan fingerprint density at radius 2 is 1.50 bits per heavy atom. The number of carbonyl (C=O) groups excluding carboxylic acids is 1. The Morgan fingerprint density at radius 1 is 1.06 bits per heavy atom. The Kier molecular flexibility index (Phi) is 4.01. The highest BCUT2D eigenvalue weighted by Crippen LogP contribution is 2.15. The summed E-state index contributed by atoms with van der Waals surface area (Å²) in [5.74, 6) is -3.38. The first-order chi connectivity index (χ1) is 8.31. The van der Waals surface area contributed by atoms with Crippen LogP contribution < -0.4 is 5.32 Å². The summed E-state index contributed by atoms with van der Waals surface area (Å²) < 4.78 is 0. The van der Waals surface area contributed by atoms with Crippen molar-refractivity contribution < 1.29 is 29.7 Å². The Hall–Kier alpha value is -2.41. The molecule has 1 unspecified atom stereocenters. The highest BCUT2D eigenvalue weighted by atomic mass is 16.4. The molecule has 7 nitrogen and oxygen atoms in total. The van der Waals surface area contributed by atoms with Crippen molar-refractivity contribution in [3.8, 4) is 0 Å². The second-order valence-corrected chi connectivity index (χ2v) is 3.57. The molecule has 0 aromatic heterocycles. The minimum atomic E-state index is -1.31. The Morgan fingerprint density at radius 3 is 1.83 bits per heavy atom. The maximum Gasteiger partial charge on any atom is 0.335 e.